The van der Waals surface area contributed by atoms with E-state index in [0.717, 1.165) is 28.0 Å². The third-order valence-corrected chi connectivity index (χ3v) is 16.7. The topological polar surface area (TPSA) is 492 Å². The number of rotatable bonds is 18. The number of anilines is 1. The average Bonchev–Trinajstić information content (AvgIpc) is 3.73. The van der Waals surface area contributed by atoms with Gasteiger partial charge in [0.25, 0.3) is 5.56 Å². The lowest BCUT2D eigenvalue weighted by Crippen LogP contribution is -2.33. The number of nitrogen functional groups attached to an aromatic ring is 1. The number of imidazole rings is 1. The summed E-state index contributed by atoms with van der Waals surface area (Å²) in [5, 5.41) is 31.1. The molecule has 5 heterocycles. The van der Waals surface area contributed by atoms with E-state index in [9.17, 15) is 81.7 Å². The van der Waals surface area contributed by atoms with Crippen LogP contribution in [0.3, 0.4) is 0 Å². The molecule has 0 amide bonds. The molecule has 5 rings (SSSR count). The van der Waals surface area contributed by atoms with Crippen LogP contribution >= 0.6 is 46.9 Å². The molecule has 33 nitrogen and oxygen atoms in total. The molecule has 0 saturated carbocycles. The molecule has 59 heavy (non-hydrogen) atoms. The Hall–Kier alpha value is -2.31. The second-order valence-corrected chi connectivity index (χ2v) is 21.3. The molecular formula is C20H31N7O26P6. The number of H-pyrrole nitrogens is 1. The lowest BCUT2D eigenvalue weighted by molar-refractivity contribution is -0.0503. The van der Waals surface area contributed by atoms with Crippen molar-refractivity contribution >= 4 is 63.9 Å². The van der Waals surface area contributed by atoms with E-state index in [1.165, 1.54) is 6.92 Å². The molecule has 0 spiro atoms. The van der Waals surface area contributed by atoms with Crippen LogP contribution in [0.15, 0.2) is 28.4 Å². The zero-order valence-electron chi connectivity index (χ0n) is 28.9. The zero-order valence-corrected chi connectivity index (χ0v) is 34.2. The van der Waals surface area contributed by atoms with Gasteiger partial charge in [0.15, 0.2) is 17.7 Å². The quantitative estimate of drug-likeness (QED) is 0.0630. The van der Waals surface area contributed by atoms with Gasteiger partial charge in [-0.2, -0.15) is 21.6 Å². The van der Waals surface area contributed by atoms with Gasteiger partial charge in [0.2, 0.25) is 0 Å². The Kier molecular flexibility index (Phi) is 14.1. The molecule has 12 N–H and O–H groups in total. The number of phosphoric acid groups is 6. The van der Waals surface area contributed by atoms with Crippen molar-refractivity contribution in [2.24, 2.45) is 0 Å². The van der Waals surface area contributed by atoms with Crippen LogP contribution in [0, 0.1) is 6.92 Å². The molecule has 0 aliphatic carbocycles. The molecule has 2 saturated heterocycles. The van der Waals surface area contributed by atoms with Gasteiger partial charge in [-0.05, 0) is 6.92 Å². The van der Waals surface area contributed by atoms with E-state index in [1.807, 2.05) is 4.98 Å². The standard InChI is InChI=1S/C20H31N7O26P6/c1-8-3-26(20(32)25-18(8)31)12-2-9(28)10(47-12)4-45-54(33,34)49-56(37,38)51-58(41,42)53-59(43,44)52-57(39,40)50-55(35,36)46-5-11-14(29)15(30)19(48-11)27-7-24-13-16(21)22-6-23-17(13)27/h3,6-7,9-12,14-15,19,28-30H,2,4-5H2,1H3,(H,33,34)(H,35,36)(H,37,38)(H,39,40)(H,41,42)(H,43,44)(H2,21,22,23)(H,25,31,32)/t9-,10+,11+,12+,14+,15+,19+/m0/s1. The number of aromatic amines is 1. The summed E-state index contributed by atoms with van der Waals surface area (Å²) in [6.45, 7) is -1.00. The van der Waals surface area contributed by atoms with Crippen molar-refractivity contribution in [2.75, 3.05) is 18.9 Å². The van der Waals surface area contributed by atoms with Gasteiger partial charge in [0.1, 0.15) is 42.5 Å². The molecule has 2 fully saturated rings. The summed E-state index contributed by atoms with van der Waals surface area (Å²) in [4.78, 5) is 96.0. The fourth-order valence-electron chi connectivity index (χ4n) is 5.08. The number of nitrogens with one attached hydrogen (secondary N) is 1. The lowest BCUT2D eigenvalue weighted by atomic mass is 10.1. The summed E-state index contributed by atoms with van der Waals surface area (Å²) in [6, 6.07) is 0. The van der Waals surface area contributed by atoms with Gasteiger partial charge in [-0.3, -0.25) is 28.0 Å². The summed E-state index contributed by atoms with van der Waals surface area (Å²) in [6.07, 6.45) is -8.28. The Bertz CT molecular complexity index is 2480. The maximum absolute atomic E-state index is 12.4. The van der Waals surface area contributed by atoms with E-state index in [2.05, 4.69) is 45.6 Å². The van der Waals surface area contributed by atoms with Crippen LogP contribution in [-0.4, -0.2) is 117 Å². The molecule has 6 unspecified atom stereocenters. The first-order valence-corrected chi connectivity index (χ1v) is 24.4. The Morgan fingerprint density at radius 1 is 0.746 bits per heavy atom. The molecule has 0 aromatic carbocycles. The van der Waals surface area contributed by atoms with E-state index >= 15 is 0 Å². The number of hydrogen-bond donors (Lipinski definition) is 11. The molecule has 2 aliphatic heterocycles. The van der Waals surface area contributed by atoms with Crippen LogP contribution < -0.4 is 17.0 Å². The van der Waals surface area contributed by atoms with Crippen molar-refractivity contribution in [2.45, 2.75) is 56.3 Å². The Balaban J connectivity index is 1.11. The molecule has 0 bridgehead atoms. The van der Waals surface area contributed by atoms with Crippen LogP contribution in [0.2, 0.25) is 0 Å². The number of hydrogen-bond acceptors (Lipinski definition) is 24. The van der Waals surface area contributed by atoms with E-state index in [4.69, 9.17) is 15.2 Å². The first-order valence-electron chi connectivity index (χ1n) is 15.4. The Morgan fingerprint density at radius 3 is 1.80 bits per heavy atom. The molecule has 13 atom stereocenters. The highest BCUT2D eigenvalue weighted by atomic mass is 31.3. The number of aromatic nitrogens is 6. The maximum atomic E-state index is 12.4. The predicted molar refractivity (Wildman–Crippen MR) is 183 cm³/mol. The van der Waals surface area contributed by atoms with Crippen molar-refractivity contribution in [3.63, 3.8) is 0 Å². The summed E-state index contributed by atoms with van der Waals surface area (Å²) in [5.74, 6) is -0.0588. The maximum Gasteiger partial charge on any atom is 0.490 e. The third-order valence-electron chi connectivity index (χ3n) is 7.49. The number of phosphoric ester groups is 2. The van der Waals surface area contributed by atoms with Gasteiger partial charge in [-0.15, -0.1) is 0 Å². The van der Waals surface area contributed by atoms with Crippen LogP contribution in [0.4, 0.5) is 5.82 Å². The van der Waals surface area contributed by atoms with Crippen LogP contribution in [0.1, 0.15) is 24.4 Å². The summed E-state index contributed by atoms with van der Waals surface area (Å²) in [7, 11) is -37.8. The monoisotopic (exact) mass is 971 g/mol. The first-order chi connectivity index (χ1) is 27.0. The fraction of sp³-hybridized carbons (Fsp3) is 0.550. The van der Waals surface area contributed by atoms with Gasteiger partial charge in [0, 0.05) is 18.2 Å². The molecule has 39 heteroatoms. The first kappa shape index (κ1) is 47.7. The third kappa shape index (κ3) is 12.2. The van der Waals surface area contributed by atoms with Crippen molar-refractivity contribution in [1.29, 1.82) is 0 Å². The molecule has 3 aromatic rings. The normalized spacial score (nSPS) is 29.8. The number of aliphatic hydroxyl groups excluding tert-OH is 3. The van der Waals surface area contributed by atoms with Gasteiger partial charge < -0.3 is 59.9 Å². The largest absolute Gasteiger partial charge is 0.490 e. The van der Waals surface area contributed by atoms with Gasteiger partial charge in [-0.1, -0.05) is 0 Å². The lowest BCUT2D eigenvalue weighted by Gasteiger charge is -2.22. The number of ether oxygens (including phenoxy) is 2. The average molecular weight is 971 g/mol. The Morgan fingerprint density at radius 2 is 1.25 bits per heavy atom. The van der Waals surface area contributed by atoms with Crippen molar-refractivity contribution in [3.8, 4) is 0 Å². The van der Waals surface area contributed by atoms with Gasteiger partial charge in [-0.25, -0.2) is 47.1 Å². The minimum Gasteiger partial charge on any atom is -0.390 e. The van der Waals surface area contributed by atoms with E-state index in [1.54, 1.807) is 0 Å². The van der Waals surface area contributed by atoms with Crippen LogP contribution in [0.5, 0.6) is 0 Å². The Labute approximate surface area is 325 Å². The fourth-order valence-corrected chi connectivity index (χ4v) is 12.9. The molecule has 332 valence electrons. The summed E-state index contributed by atoms with van der Waals surface area (Å²) >= 11 is 0. The van der Waals surface area contributed by atoms with Crippen LogP contribution in [0.25, 0.3) is 11.2 Å². The molecule has 2 aliphatic rings. The molecular weight excluding hydrogens is 940 g/mol. The number of fused-ring (bicyclic) bond motifs is 1. The van der Waals surface area contributed by atoms with Crippen molar-refractivity contribution in [1.82, 2.24) is 29.1 Å². The summed E-state index contributed by atoms with van der Waals surface area (Å²) in [5.41, 5.74) is 4.20. The van der Waals surface area contributed by atoms with Gasteiger partial charge in [0.05, 0.1) is 25.6 Å². The van der Waals surface area contributed by atoms with Gasteiger partial charge >= 0.3 is 52.6 Å². The SMILES string of the molecule is Cc1cn([C@H]2C[C@H](O)[C@@H](COP(=O)(O)OP(=O)(O)OP(=O)(O)OP(=O)(O)OP(=O)(O)OP(=O)(O)OC[C@H]3O[C@@H](n4cnc5c(N)ncnc54)[C@H](O)[C@@H]3O)O2)c(=O)[nH]c1=O. The predicted octanol–water partition coefficient (Wildman–Crippen LogP) is -1.75. The summed E-state index contributed by atoms with van der Waals surface area (Å²) < 4.78 is 114. The van der Waals surface area contributed by atoms with E-state index in [0.29, 0.717) is 0 Å². The second kappa shape index (κ2) is 17.5. The highest BCUT2D eigenvalue weighted by Crippen LogP contribution is 2.75. The minimum absolute atomic E-state index is 0.0260. The smallest absolute Gasteiger partial charge is 0.390 e. The van der Waals surface area contributed by atoms with Crippen molar-refractivity contribution < 1.29 is 112 Å². The van der Waals surface area contributed by atoms with Crippen molar-refractivity contribution in [3.05, 3.63) is 45.3 Å². The zero-order chi connectivity index (χ0) is 44.1. The highest BCUT2D eigenvalue weighted by molar-refractivity contribution is 7.72. The minimum atomic E-state index is -6.58. The van der Waals surface area contributed by atoms with Crippen LogP contribution in [-0.2, 0) is 67.5 Å². The number of nitrogens with two attached hydrogens (primary N) is 1. The molecule has 3 aromatic heterocycles. The number of nitrogens with zero attached hydrogens (tertiary/aromatic N) is 5. The highest BCUT2D eigenvalue weighted by Gasteiger charge is 2.51. The second-order valence-electron chi connectivity index (χ2n) is 11.9. The molecule has 0 radical (unpaired) electrons. The van der Waals surface area contributed by atoms with E-state index in [-0.39, 0.29) is 29.0 Å². The number of aryl methyl sites for hydroxylation is 1. The number of aliphatic hydroxyl groups is 3. The van der Waals surface area contributed by atoms with E-state index < -0.39 is 114 Å².